The molecule has 2 N–H and O–H groups in total. The Morgan fingerprint density at radius 3 is 1.65 bits per heavy atom. The van der Waals surface area contributed by atoms with E-state index in [1.807, 2.05) is 0 Å². The summed E-state index contributed by atoms with van der Waals surface area (Å²) in [7, 11) is 0. The molecule has 0 atom stereocenters. The third-order valence-electron chi connectivity index (χ3n) is 3.14. The van der Waals surface area contributed by atoms with Crippen LogP contribution in [0.25, 0.3) is 0 Å². The summed E-state index contributed by atoms with van der Waals surface area (Å²) in [6.45, 7) is 4.91. The van der Waals surface area contributed by atoms with Gasteiger partial charge in [-0.1, -0.05) is 58.3 Å². The molecule has 0 saturated carbocycles. The number of rotatable bonds is 14. The van der Waals surface area contributed by atoms with Gasteiger partial charge in [0.05, 0.1) is 0 Å². The SMILES string of the molecule is CCCCCCCCCCCOCCCCN. The molecule has 0 spiro atoms. The predicted molar refractivity (Wildman–Crippen MR) is 76.3 cm³/mol. The first-order chi connectivity index (χ1) is 8.41. The quantitative estimate of drug-likeness (QED) is 0.462. The molecule has 0 aromatic carbocycles. The Kier molecular flexibility index (Phi) is 15.8. The summed E-state index contributed by atoms with van der Waals surface area (Å²) in [5.74, 6) is 0. The molecule has 2 nitrogen and oxygen atoms in total. The van der Waals surface area contributed by atoms with Gasteiger partial charge in [0.1, 0.15) is 0 Å². The second kappa shape index (κ2) is 15.9. The van der Waals surface area contributed by atoms with E-state index < -0.39 is 0 Å². The second-order valence-corrected chi connectivity index (χ2v) is 4.94. The Morgan fingerprint density at radius 1 is 0.647 bits per heavy atom. The molecule has 0 amide bonds. The lowest BCUT2D eigenvalue weighted by Gasteiger charge is -2.04. The van der Waals surface area contributed by atoms with Crippen LogP contribution in [0.3, 0.4) is 0 Å². The number of hydrogen-bond acceptors (Lipinski definition) is 2. The van der Waals surface area contributed by atoms with Gasteiger partial charge in [0.25, 0.3) is 0 Å². The molecule has 2 heteroatoms. The van der Waals surface area contributed by atoms with E-state index >= 15 is 0 Å². The maximum absolute atomic E-state index is 5.54. The van der Waals surface area contributed by atoms with Crippen LogP contribution in [0.1, 0.15) is 77.6 Å². The highest BCUT2D eigenvalue weighted by Crippen LogP contribution is 2.09. The maximum atomic E-state index is 5.54. The zero-order chi connectivity index (χ0) is 12.6. The van der Waals surface area contributed by atoms with Crippen LogP contribution in [-0.4, -0.2) is 19.8 Å². The van der Waals surface area contributed by atoms with Gasteiger partial charge < -0.3 is 10.5 Å². The third kappa shape index (κ3) is 15.9. The van der Waals surface area contributed by atoms with Crippen LogP contribution in [0.15, 0.2) is 0 Å². The van der Waals surface area contributed by atoms with Crippen molar-refractivity contribution in [2.45, 2.75) is 77.6 Å². The van der Waals surface area contributed by atoms with Gasteiger partial charge in [-0.05, 0) is 25.8 Å². The second-order valence-electron chi connectivity index (χ2n) is 4.94. The summed E-state index contributed by atoms with van der Waals surface area (Å²) in [6, 6.07) is 0. The van der Waals surface area contributed by atoms with E-state index in [0.717, 1.165) is 32.6 Å². The van der Waals surface area contributed by atoms with Crippen molar-refractivity contribution in [2.24, 2.45) is 5.73 Å². The number of hydrogen-bond donors (Lipinski definition) is 1. The van der Waals surface area contributed by atoms with Crippen LogP contribution in [0.2, 0.25) is 0 Å². The molecule has 104 valence electrons. The normalized spacial score (nSPS) is 10.9. The topological polar surface area (TPSA) is 35.2 Å². The van der Waals surface area contributed by atoms with Crippen molar-refractivity contribution in [1.29, 1.82) is 0 Å². The molecule has 0 aliphatic rings. The number of unbranched alkanes of at least 4 members (excludes halogenated alkanes) is 9. The Morgan fingerprint density at radius 2 is 1.12 bits per heavy atom. The van der Waals surface area contributed by atoms with Gasteiger partial charge in [-0.15, -0.1) is 0 Å². The van der Waals surface area contributed by atoms with Gasteiger partial charge >= 0.3 is 0 Å². The lowest BCUT2D eigenvalue weighted by Crippen LogP contribution is -2.02. The predicted octanol–water partition coefficient (Wildman–Crippen LogP) is 4.27. The van der Waals surface area contributed by atoms with Gasteiger partial charge in [-0.2, -0.15) is 0 Å². The van der Waals surface area contributed by atoms with Gasteiger partial charge in [-0.25, -0.2) is 0 Å². The molecule has 0 aliphatic heterocycles. The maximum Gasteiger partial charge on any atom is 0.0466 e. The molecule has 0 aromatic rings. The van der Waals surface area contributed by atoms with E-state index in [9.17, 15) is 0 Å². The van der Waals surface area contributed by atoms with Crippen LogP contribution in [0, 0.1) is 0 Å². The molecular formula is C15H33NO. The molecule has 0 rings (SSSR count). The van der Waals surface area contributed by atoms with Crippen molar-refractivity contribution in [3.63, 3.8) is 0 Å². The molecule has 0 heterocycles. The zero-order valence-electron chi connectivity index (χ0n) is 11.9. The first kappa shape index (κ1) is 16.9. The van der Waals surface area contributed by atoms with E-state index in [2.05, 4.69) is 6.92 Å². The van der Waals surface area contributed by atoms with Crippen molar-refractivity contribution in [3.05, 3.63) is 0 Å². The molecule has 0 saturated heterocycles. The molecule has 0 unspecified atom stereocenters. The Bertz CT molecular complexity index is 114. The largest absolute Gasteiger partial charge is 0.381 e. The van der Waals surface area contributed by atoms with Crippen molar-refractivity contribution in [3.8, 4) is 0 Å². The number of ether oxygens (including phenoxy) is 1. The number of nitrogens with two attached hydrogens (primary N) is 1. The van der Waals surface area contributed by atoms with E-state index in [1.54, 1.807) is 0 Å². The lowest BCUT2D eigenvalue weighted by molar-refractivity contribution is 0.126. The average Bonchev–Trinajstić information content (AvgIpc) is 2.35. The molecule has 0 fully saturated rings. The van der Waals surface area contributed by atoms with Gasteiger partial charge in [0, 0.05) is 13.2 Å². The zero-order valence-corrected chi connectivity index (χ0v) is 11.9. The van der Waals surface area contributed by atoms with Crippen LogP contribution >= 0.6 is 0 Å². The first-order valence-electron chi connectivity index (χ1n) is 7.69. The highest BCUT2D eigenvalue weighted by Gasteiger charge is 1.93. The van der Waals surface area contributed by atoms with Gasteiger partial charge in [0.2, 0.25) is 0 Å². The monoisotopic (exact) mass is 243 g/mol. The summed E-state index contributed by atoms with van der Waals surface area (Å²) in [5, 5.41) is 0. The Labute approximate surface area is 108 Å². The van der Waals surface area contributed by atoms with Crippen LogP contribution in [0.4, 0.5) is 0 Å². The lowest BCUT2D eigenvalue weighted by atomic mass is 10.1. The van der Waals surface area contributed by atoms with Crippen molar-refractivity contribution < 1.29 is 4.74 Å². The standard InChI is InChI=1S/C15H33NO/c1-2-3-4-5-6-7-8-9-11-14-17-15-12-10-13-16/h2-16H2,1H3. The summed E-state index contributed by atoms with van der Waals surface area (Å²) in [6.07, 6.45) is 14.6. The minimum atomic E-state index is 0.793. The molecule has 0 aromatic heterocycles. The Hall–Kier alpha value is -0.0800. The molecular weight excluding hydrogens is 210 g/mol. The van der Waals surface area contributed by atoms with Crippen molar-refractivity contribution in [2.75, 3.05) is 19.8 Å². The van der Waals surface area contributed by atoms with Gasteiger partial charge in [0.15, 0.2) is 0 Å². The van der Waals surface area contributed by atoms with E-state index in [0.29, 0.717) is 0 Å². The summed E-state index contributed by atoms with van der Waals surface area (Å²) in [5.41, 5.74) is 5.41. The summed E-state index contributed by atoms with van der Waals surface area (Å²) < 4.78 is 5.54. The molecule has 0 radical (unpaired) electrons. The van der Waals surface area contributed by atoms with Crippen molar-refractivity contribution >= 4 is 0 Å². The fraction of sp³-hybridized carbons (Fsp3) is 1.00. The smallest absolute Gasteiger partial charge is 0.0466 e. The highest BCUT2D eigenvalue weighted by atomic mass is 16.5. The fourth-order valence-electron chi connectivity index (χ4n) is 1.97. The fourth-order valence-corrected chi connectivity index (χ4v) is 1.97. The molecule has 17 heavy (non-hydrogen) atoms. The highest BCUT2D eigenvalue weighted by molar-refractivity contribution is 4.47. The molecule has 0 bridgehead atoms. The summed E-state index contributed by atoms with van der Waals surface area (Å²) in [4.78, 5) is 0. The third-order valence-corrected chi connectivity index (χ3v) is 3.14. The van der Waals surface area contributed by atoms with Gasteiger partial charge in [-0.3, -0.25) is 0 Å². The first-order valence-corrected chi connectivity index (χ1v) is 7.69. The van der Waals surface area contributed by atoms with Crippen LogP contribution in [0.5, 0.6) is 0 Å². The van der Waals surface area contributed by atoms with E-state index in [-0.39, 0.29) is 0 Å². The summed E-state index contributed by atoms with van der Waals surface area (Å²) >= 11 is 0. The Balaban J connectivity index is 2.85. The minimum absolute atomic E-state index is 0.793. The van der Waals surface area contributed by atoms with Crippen LogP contribution in [-0.2, 0) is 4.74 Å². The minimum Gasteiger partial charge on any atom is -0.381 e. The van der Waals surface area contributed by atoms with E-state index in [4.69, 9.17) is 10.5 Å². The molecule has 0 aliphatic carbocycles. The van der Waals surface area contributed by atoms with Crippen LogP contribution < -0.4 is 5.73 Å². The average molecular weight is 243 g/mol. The van der Waals surface area contributed by atoms with Crippen molar-refractivity contribution in [1.82, 2.24) is 0 Å². The van der Waals surface area contributed by atoms with E-state index in [1.165, 1.54) is 57.8 Å².